The van der Waals surface area contributed by atoms with Crippen LogP contribution in [0.2, 0.25) is 0 Å². The number of amides is 1. The van der Waals surface area contributed by atoms with Crippen LogP contribution in [0.4, 0.5) is 16.4 Å². The van der Waals surface area contributed by atoms with Crippen molar-refractivity contribution in [2.24, 2.45) is 0 Å². The first-order chi connectivity index (χ1) is 10.9. The highest BCUT2D eigenvalue weighted by molar-refractivity contribution is 5.68. The smallest absolute Gasteiger partial charge is 0.410 e. The topological polar surface area (TPSA) is 57.7 Å². The maximum absolute atomic E-state index is 12.1. The van der Waals surface area contributed by atoms with Crippen LogP contribution in [0, 0.1) is 0 Å². The molecule has 1 saturated heterocycles. The first kappa shape index (κ1) is 15.9. The normalized spacial score (nSPS) is 18.7. The third kappa shape index (κ3) is 4.50. The number of rotatable bonds is 3. The summed E-state index contributed by atoms with van der Waals surface area (Å²) in [5.74, 6) is 1.92. The van der Waals surface area contributed by atoms with Crippen LogP contribution in [0.5, 0.6) is 0 Å². The van der Waals surface area contributed by atoms with Crippen LogP contribution in [0.15, 0.2) is 18.2 Å². The molecule has 1 aromatic rings. The van der Waals surface area contributed by atoms with Crippen molar-refractivity contribution in [3.05, 3.63) is 18.2 Å². The number of hydrogen-bond acceptors (Lipinski definition) is 5. The van der Waals surface area contributed by atoms with Gasteiger partial charge in [-0.25, -0.2) is 9.78 Å². The van der Waals surface area contributed by atoms with Gasteiger partial charge in [0.1, 0.15) is 17.2 Å². The molecule has 0 aromatic carbocycles. The van der Waals surface area contributed by atoms with Gasteiger partial charge in [0, 0.05) is 32.2 Å². The lowest BCUT2D eigenvalue weighted by Crippen LogP contribution is -2.50. The third-order valence-corrected chi connectivity index (χ3v) is 3.92. The zero-order chi connectivity index (χ0) is 16.4. The van der Waals surface area contributed by atoms with Gasteiger partial charge >= 0.3 is 6.09 Å². The maximum Gasteiger partial charge on any atom is 0.410 e. The molecule has 2 fully saturated rings. The summed E-state index contributed by atoms with van der Waals surface area (Å²) in [5, 5.41) is 3.43. The second kappa shape index (κ2) is 6.26. The Morgan fingerprint density at radius 2 is 1.91 bits per heavy atom. The molecule has 126 valence electrons. The van der Waals surface area contributed by atoms with E-state index in [9.17, 15) is 4.79 Å². The molecule has 1 N–H and O–H groups in total. The van der Waals surface area contributed by atoms with Gasteiger partial charge in [-0.2, -0.15) is 0 Å². The fourth-order valence-electron chi connectivity index (χ4n) is 2.56. The number of anilines is 2. The number of carbonyl (C=O) groups excluding carboxylic acids is 1. The first-order valence-electron chi connectivity index (χ1n) is 8.37. The summed E-state index contributed by atoms with van der Waals surface area (Å²) in [4.78, 5) is 20.8. The molecule has 1 aromatic heterocycles. The van der Waals surface area contributed by atoms with Crippen LogP contribution >= 0.6 is 0 Å². The van der Waals surface area contributed by atoms with Gasteiger partial charge in [-0.3, -0.25) is 0 Å². The van der Waals surface area contributed by atoms with E-state index < -0.39 is 5.60 Å². The Bertz CT molecular complexity index is 558. The molecule has 6 nitrogen and oxygen atoms in total. The highest BCUT2D eigenvalue weighted by Crippen LogP contribution is 2.25. The summed E-state index contributed by atoms with van der Waals surface area (Å²) in [7, 11) is 0. The molecule has 0 spiro atoms. The number of hydrogen-bond donors (Lipinski definition) is 1. The highest BCUT2D eigenvalue weighted by Gasteiger charge is 2.26. The molecule has 0 bridgehead atoms. The van der Waals surface area contributed by atoms with Crippen LogP contribution < -0.4 is 10.2 Å². The summed E-state index contributed by atoms with van der Waals surface area (Å²) in [6.45, 7) is 8.56. The minimum absolute atomic E-state index is 0.228. The van der Waals surface area contributed by atoms with Crippen molar-refractivity contribution in [1.29, 1.82) is 0 Å². The van der Waals surface area contributed by atoms with Gasteiger partial charge in [-0.15, -0.1) is 0 Å². The number of carbonyl (C=O) groups is 1. The summed E-state index contributed by atoms with van der Waals surface area (Å²) in [6.07, 6.45) is 2.25. The zero-order valence-electron chi connectivity index (χ0n) is 14.2. The molecule has 1 saturated carbocycles. The van der Waals surface area contributed by atoms with Gasteiger partial charge < -0.3 is 19.9 Å². The monoisotopic (exact) mass is 318 g/mol. The van der Waals surface area contributed by atoms with Crippen LogP contribution in [0.25, 0.3) is 0 Å². The molecule has 2 aliphatic rings. The zero-order valence-corrected chi connectivity index (χ0v) is 14.2. The van der Waals surface area contributed by atoms with E-state index in [0.29, 0.717) is 19.1 Å². The van der Waals surface area contributed by atoms with Gasteiger partial charge in [0.25, 0.3) is 0 Å². The lowest BCUT2D eigenvalue weighted by Gasteiger charge is -2.36. The lowest BCUT2D eigenvalue weighted by atomic mass is 10.2. The van der Waals surface area contributed by atoms with Gasteiger partial charge in [0.2, 0.25) is 0 Å². The molecular weight excluding hydrogens is 292 g/mol. The Hall–Kier alpha value is -1.98. The Kier molecular flexibility index (Phi) is 4.33. The summed E-state index contributed by atoms with van der Waals surface area (Å²) < 4.78 is 5.43. The Morgan fingerprint density at radius 3 is 2.52 bits per heavy atom. The van der Waals surface area contributed by atoms with Crippen molar-refractivity contribution >= 4 is 17.7 Å². The molecule has 23 heavy (non-hydrogen) atoms. The molecule has 1 aliphatic heterocycles. The number of pyridine rings is 1. The van der Waals surface area contributed by atoms with Crippen molar-refractivity contribution in [1.82, 2.24) is 9.88 Å². The molecule has 3 rings (SSSR count). The van der Waals surface area contributed by atoms with Crippen LogP contribution in [-0.4, -0.2) is 53.8 Å². The van der Waals surface area contributed by atoms with Gasteiger partial charge in [0.05, 0.1) is 0 Å². The molecule has 0 atom stereocenters. The molecular formula is C17H26N4O2. The first-order valence-corrected chi connectivity index (χ1v) is 8.37. The van der Waals surface area contributed by atoms with E-state index in [1.165, 1.54) is 12.8 Å². The van der Waals surface area contributed by atoms with Gasteiger partial charge in [-0.1, -0.05) is 6.07 Å². The minimum atomic E-state index is -0.446. The average molecular weight is 318 g/mol. The highest BCUT2D eigenvalue weighted by atomic mass is 16.6. The fourth-order valence-corrected chi connectivity index (χ4v) is 2.56. The van der Waals surface area contributed by atoms with Crippen molar-refractivity contribution in [3.63, 3.8) is 0 Å². The standard InChI is InChI=1S/C17H26N4O2/c1-17(2,3)23-16(22)21-11-9-20(10-12-21)15-6-4-5-14(19-15)18-13-7-8-13/h4-6,13H,7-12H2,1-3H3,(H,18,19). The number of piperazine rings is 1. The Balaban J connectivity index is 1.55. The number of ether oxygens (including phenoxy) is 1. The predicted octanol–water partition coefficient (Wildman–Crippen LogP) is 2.71. The van der Waals surface area contributed by atoms with Gasteiger partial charge in [-0.05, 0) is 45.7 Å². The van der Waals surface area contributed by atoms with Gasteiger partial charge in [0.15, 0.2) is 0 Å². The quantitative estimate of drug-likeness (QED) is 0.928. The SMILES string of the molecule is CC(C)(C)OC(=O)N1CCN(c2cccc(NC3CC3)n2)CC1. The minimum Gasteiger partial charge on any atom is -0.444 e. The Labute approximate surface area is 137 Å². The number of nitrogens with one attached hydrogen (secondary N) is 1. The second-order valence-corrected chi connectivity index (χ2v) is 7.25. The second-order valence-electron chi connectivity index (χ2n) is 7.25. The summed E-state index contributed by atoms with van der Waals surface area (Å²) >= 11 is 0. The van der Waals surface area contributed by atoms with Crippen LogP contribution in [0.3, 0.4) is 0 Å². The van der Waals surface area contributed by atoms with Crippen LogP contribution in [-0.2, 0) is 4.74 Å². The van der Waals surface area contributed by atoms with E-state index >= 15 is 0 Å². The average Bonchev–Trinajstić information content (AvgIpc) is 3.30. The third-order valence-electron chi connectivity index (χ3n) is 3.92. The molecule has 0 unspecified atom stereocenters. The van der Waals surface area contributed by atoms with Crippen molar-refractivity contribution in [2.75, 3.05) is 36.4 Å². The molecule has 1 amide bonds. The van der Waals surface area contributed by atoms with Crippen molar-refractivity contribution < 1.29 is 9.53 Å². The van der Waals surface area contributed by atoms with E-state index in [0.717, 1.165) is 24.7 Å². The lowest BCUT2D eigenvalue weighted by molar-refractivity contribution is 0.0240. The van der Waals surface area contributed by atoms with E-state index in [-0.39, 0.29) is 6.09 Å². The van der Waals surface area contributed by atoms with Crippen molar-refractivity contribution in [3.8, 4) is 0 Å². The van der Waals surface area contributed by atoms with E-state index in [2.05, 4.69) is 15.2 Å². The summed E-state index contributed by atoms with van der Waals surface area (Å²) in [6, 6.07) is 6.68. The molecule has 6 heteroatoms. The van der Waals surface area contributed by atoms with E-state index in [4.69, 9.17) is 4.74 Å². The predicted molar refractivity (Wildman–Crippen MR) is 90.9 cm³/mol. The Morgan fingerprint density at radius 1 is 1.22 bits per heavy atom. The number of nitrogens with zero attached hydrogens (tertiary/aromatic N) is 3. The van der Waals surface area contributed by atoms with Crippen molar-refractivity contribution in [2.45, 2.75) is 45.3 Å². The molecule has 0 radical (unpaired) electrons. The number of aromatic nitrogens is 1. The molecule has 1 aliphatic carbocycles. The fraction of sp³-hybridized carbons (Fsp3) is 0.647. The van der Waals surface area contributed by atoms with E-state index in [1.807, 2.05) is 39.0 Å². The summed E-state index contributed by atoms with van der Waals surface area (Å²) in [5.41, 5.74) is -0.446. The van der Waals surface area contributed by atoms with Crippen LogP contribution in [0.1, 0.15) is 33.6 Å². The largest absolute Gasteiger partial charge is 0.444 e. The molecule has 2 heterocycles. The van der Waals surface area contributed by atoms with E-state index in [1.54, 1.807) is 4.90 Å². The maximum atomic E-state index is 12.1.